The molecule has 0 bridgehead atoms. The Morgan fingerprint density at radius 2 is 2.41 bits per heavy atom. The van der Waals surface area contributed by atoms with E-state index in [0.29, 0.717) is 5.92 Å². The Bertz CT molecular complexity index is 325. The second kappa shape index (κ2) is 6.12. The molecule has 94 valence electrons. The molecular weight excluding hydrogens is 210 g/mol. The van der Waals surface area contributed by atoms with E-state index in [2.05, 4.69) is 34.4 Å². The van der Waals surface area contributed by atoms with E-state index in [1.807, 2.05) is 19.3 Å². The molecule has 1 aromatic rings. The average molecular weight is 233 g/mol. The number of nitrogens with zero attached hydrogens (tertiary/aromatic N) is 2. The minimum absolute atomic E-state index is 0.545. The first-order valence-corrected chi connectivity index (χ1v) is 6.55. The molecule has 1 aliphatic rings. The first-order chi connectivity index (χ1) is 8.31. The van der Waals surface area contributed by atoms with Crippen LogP contribution in [0.25, 0.3) is 0 Å². The van der Waals surface area contributed by atoms with E-state index in [4.69, 9.17) is 0 Å². The van der Waals surface area contributed by atoms with Crippen molar-refractivity contribution >= 4 is 0 Å². The van der Waals surface area contributed by atoms with Crippen LogP contribution in [-0.2, 0) is 0 Å². The number of nitrogens with one attached hydrogen (secondary N) is 1. The van der Waals surface area contributed by atoms with E-state index in [1.165, 1.54) is 31.6 Å². The van der Waals surface area contributed by atoms with Gasteiger partial charge in [-0.15, -0.1) is 0 Å². The monoisotopic (exact) mass is 233 g/mol. The Hall–Kier alpha value is -0.930. The number of likely N-dealkylation sites (tertiary alicyclic amines) is 1. The van der Waals surface area contributed by atoms with Crippen LogP contribution in [0.4, 0.5) is 0 Å². The summed E-state index contributed by atoms with van der Waals surface area (Å²) in [6.45, 7) is 3.46. The largest absolute Gasteiger partial charge is 0.319 e. The zero-order valence-corrected chi connectivity index (χ0v) is 10.9. The van der Waals surface area contributed by atoms with Crippen LogP contribution in [0.5, 0.6) is 0 Å². The van der Waals surface area contributed by atoms with Crippen molar-refractivity contribution in [3.63, 3.8) is 0 Å². The maximum absolute atomic E-state index is 4.54. The molecule has 2 heterocycles. The maximum atomic E-state index is 4.54. The molecule has 3 heteroatoms. The Kier molecular flexibility index (Phi) is 4.51. The van der Waals surface area contributed by atoms with E-state index < -0.39 is 0 Å². The van der Waals surface area contributed by atoms with Gasteiger partial charge in [-0.3, -0.25) is 4.98 Å². The number of hydrogen-bond acceptors (Lipinski definition) is 3. The molecule has 0 aliphatic carbocycles. The van der Waals surface area contributed by atoms with E-state index in [0.717, 1.165) is 12.5 Å². The summed E-state index contributed by atoms with van der Waals surface area (Å²) in [4.78, 5) is 6.98. The van der Waals surface area contributed by atoms with Gasteiger partial charge < -0.3 is 10.2 Å². The third-order valence-electron chi connectivity index (χ3n) is 3.72. The predicted molar refractivity (Wildman–Crippen MR) is 71.1 cm³/mol. The maximum Gasteiger partial charge on any atom is 0.0450 e. The highest BCUT2D eigenvalue weighted by atomic mass is 15.1. The Labute approximate surface area is 104 Å². The highest BCUT2D eigenvalue weighted by Crippen LogP contribution is 2.29. The summed E-state index contributed by atoms with van der Waals surface area (Å²) in [5.41, 5.74) is 1.24. The van der Waals surface area contributed by atoms with Crippen molar-refractivity contribution in [1.82, 2.24) is 15.2 Å². The second-order valence-corrected chi connectivity index (χ2v) is 5.08. The number of rotatable bonds is 4. The van der Waals surface area contributed by atoms with Gasteiger partial charge in [-0.1, -0.05) is 6.07 Å². The Morgan fingerprint density at radius 3 is 3.06 bits per heavy atom. The number of aromatic nitrogens is 1. The zero-order chi connectivity index (χ0) is 12.1. The van der Waals surface area contributed by atoms with Crippen molar-refractivity contribution in [3.8, 4) is 0 Å². The van der Waals surface area contributed by atoms with Gasteiger partial charge >= 0.3 is 0 Å². The summed E-state index contributed by atoms with van der Waals surface area (Å²) >= 11 is 0. The lowest BCUT2D eigenvalue weighted by Crippen LogP contribution is -2.37. The molecule has 0 amide bonds. The summed E-state index contributed by atoms with van der Waals surface area (Å²) in [5.74, 6) is 1.28. The van der Waals surface area contributed by atoms with Gasteiger partial charge in [-0.25, -0.2) is 0 Å². The molecule has 1 aliphatic heterocycles. The quantitative estimate of drug-likeness (QED) is 0.858. The van der Waals surface area contributed by atoms with Gasteiger partial charge in [0.25, 0.3) is 0 Å². The first kappa shape index (κ1) is 12.5. The summed E-state index contributed by atoms with van der Waals surface area (Å²) in [5, 5.41) is 3.32. The van der Waals surface area contributed by atoms with Gasteiger partial charge in [0.15, 0.2) is 0 Å². The molecule has 1 fully saturated rings. The van der Waals surface area contributed by atoms with Gasteiger partial charge in [0.1, 0.15) is 0 Å². The fourth-order valence-corrected chi connectivity index (χ4v) is 2.86. The van der Waals surface area contributed by atoms with Crippen molar-refractivity contribution < 1.29 is 0 Å². The van der Waals surface area contributed by atoms with Gasteiger partial charge in [-0.05, 0) is 51.5 Å². The molecule has 0 saturated carbocycles. The zero-order valence-electron chi connectivity index (χ0n) is 10.9. The number of likely N-dealkylation sites (N-methyl/N-ethyl adjacent to an activating group) is 1. The summed E-state index contributed by atoms with van der Waals surface area (Å²) in [6, 6.07) is 6.25. The molecule has 1 aromatic heterocycles. The van der Waals surface area contributed by atoms with E-state index in [-0.39, 0.29) is 0 Å². The van der Waals surface area contributed by atoms with Crippen LogP contribution < -0.4 is 5.32 Å². The molecule has 2 unspecified atom stereocenters. The SMILES string of the molecule is CNCC(c1ccccn1)C1CCCN(C)C1. The third kappa shape index (κ3) is 3.27. The van der Waals surface area contributed by atoms with Gasteiger partial charge in [0.2, 0.25) is 0 Å². The van der Waals surface area contributed by atoms with Gasteiger partial charge in [-0.2, -0.15) is 0 Å². The molecule has 0 aromatic carbocycles. The first-order valence-electron chi connectivity index (χ1n) is 6.55. The molecule has 17 heavy (non-hydrogen) atoms. The van der Waals surface area contributed by atoms with Crippen LogP contribution in [0.3, 0.4) is 0 Å². The fourth-order valence-electron chi connectivity index (χ4n) is 2.86. The number of hydrogen-bond donors (Lipinski definition) is 1. The number of piperidine rings is 1. The van der Waals surface area contributed by atoms with Gasteiger partial charge in [0.05, 0.1) is 0 Å². The minimum atomic E-state index is 0.545. The summed E-state index contributed by atoms with van der Waals surface area (Å²) in [6.07, 6.45) is 4.55. The van der Waals surface area contributed by atoms with Crippen molar-refractivity contribution in [3.05, 3.63) is 30.1 Å². The van der Waals surface area contributed by atoms with Crippen molar-refractivity contribution in [2.45, 2.75) is 18.8 Å². The summed E-state index contributed by atoms with van der Waals surface area (Å²) < 4.78 is 0. The smallest absolute Gasteiger partial charge is 0.0450 e. The Balaban J connectivity index is 2.11. The molecule has 2 rings (SSSR count). The predicted octanol–water partition coefficient (Wildman–Crippen LogP) is 1.73. The van der Waals surface area contributed by atoms with E-state index >= 15 is 0 Å². The van der Waals surface area contributed by atoms with Crippen LogP contribution in [0.2, 0.25) is 0 Å². The molecule has 0 spiro atoms. The van der Waals surface area contributed by atoms with Crippen LogP contribution in [0.15, 0.2) is 24.4 Å². The highest BCUT2D eigenvalue weighted by molar-refractivity contribution is 5.12. The number of pyridine rings is 1. The lowest BCUT2D eigenvalue weighted by atomic mass is 9.83. The average Bonchev–Trinajstić information content (AvgIpc) is 2.37. The van der Waals surface area contributed by atoms with Gasteiger partial charge in [0, 0.05) is 30.9 Å². The van der Waals surface area contributed by atoms with Crippen LogP contribution in [0, 0.1) is 5.92 Å². The van der Waals surface area contributed by atoms with Crippen molar-refractivity contribution in [2.24, 2.45) is 5.92 Å². The lowest BCUT2D eigenvalue weighted by molar-refractivity contribution is 0.184. The molecule has 1 N–H and O–H groups in total. The molecular formula is C14H23N3. The summed E-state index contributed by atoms with van der Waals surface area (Å²) in [7, 11) is 4.25. The molecule has 3 nitrogen and oxygen atoms in total. The normalized spacial score (nSPS) is 23.5. The van der Waals surface area contributed by atoms with Crippen molar-refractivity contribution in [2.75, 3.05) is 33.7 Å². The molecule has 2 atom stereocenters. The molecule has 1 saturated heterocycles. The van der Waals surface area contributed by atoms with E-state index in [1.54, 1.807) is 0 Å². The van der Waals surface area contributed by atoms with Crippen LogP contribution in [-0.4, -0.2) is 43.6 Å². The third-order valence-corrected chi connectivity index (χ3v) is 3.72. The van der Waals surface area contributed by atoms with Crippen LogP contribution >= 0.6 is 0 Å². The van der Waals surface area contributed by atoms with Crippen molar-refractivity contribution in [1.29, 1.82) is 0 Å². The highest BCUT2D eigenvalue weighted by Gasteiger charge is 2.27. The fraction of sp³-hybridized carbons (Fsp3) is 0.643. The van der Waals surface area contributed by atoms with E-state index in [9.17, 15) is 0 Å². The standard InChI is InChI=1S/C14H23N3/c1-15-10-13(14-7-3-4-8-16-14)12-6-5-9-17(2)11-12/h3-4,7-8,12-13,15H,5-6,9-11H2,1-2H3. The molecule has 0 radical (unpaired) electrons. The topological polar surface area (TPSA) is 28.2 Å². The minimum Gasteiger partial charge on any atom is -0.319 e. The second-order valence-electron chi connectivity index (χ2n) is 5.08. The Morgan fingerprint density at radius 1 is 1.53 bits per heavy atom. The lowest BCUT2D eigenvalue weighted by Gasteiger charge is -2.34. The van der Waals surface area contributed by atoms with Crippen LogP contribution in [0.1, 0.15) is 24.5 Å².